The molecule has 8 heavy (non-hydrogen) atoms. The van der Waals surface area contributed by atoms with Crippen LogP contribution < -0.4 is 10.9 Å². The molecule has 0 atom stereocenters. The van der Waals surface area contributed by atoms with Gasteiger partial charge >= 0.3 is 0 Å². The molecule has 0 fully saturated rings. The van der Waals surface area contributed by atoms with Crippen LogP contribution in [0.5, 0.6) is 0 Å². The number of rotatable bonds is 2. The summed E-state index contributed by atoms with van der Waals surface area (Å²) >= 11 is 0. The zero-order valence-electron chi connectivity index (χ0n) is 5.99. The lowest BCUT2D eigenvalue weighted by atomic mass is 10.8. The van der Waals surface area contributed by atoms with Gasteiger partial charge < -0.3 is 5.73 Å². The number of hydrogen-bond acceptors (Lipinski definition) is 3. The van der Waals surface area contributed by atoms with E-state index in [-0.39, 0.29) is 12.4 Å². The van der Waals surface area contributed by atoms with Crippen molar-refractivity contribution < 1.29 is 11.2 Å². The summed E-state index contributed by atoms with van der Waals surface area (Å²) < 4.78 is 33.4. The maximum Gasteiger partial charge on any atom is 0.210 e. The summed E-state index contributed by atoms with van der Waals surface area (Å²) in [7, 11) is -3.78. The van der Waals surface area contributed by atoms with Gasteiger partial charge in [0, 0.05) is 9.24 Å². The summed E-state index contributed by atoms with van der Waals surface area (Å²) in [5.74, 6) is -0.847. The predicted octanol–water partition coefficient (Wildman–Crippen LogP) is -1.34. The van der Waals surface area contributed by atoms with E-state index in [0.29, 0.717) is 0 Å². The van der Waals surface area contributed by atoms with Gasteiger partial charge in [0.1, 0.15) is 0 Å². The SMILES string of the molecule is Cl.[2H]C([2H])(N)CS([15NH2])(=O)=O. The predicted molar refractivity (Wildman–Crippen MR) is 34.3 cm³/mol. The van der Waals surface area contributed by atoms with Gasteiger partial charge in [-0.15, -0.1) is 12.4 Å². The first-order valence-electron chi connectivity index (χ1n) is 2.50. The van der Waals surface area contributed by atoms with Crippen molar-refractivity contribution in [1.29, 1.82) is 0 Å². The van der Waals surface area contributed by atoms with Crippen LogP contribution in [0.15, 0.2) is 0 Å². The maximum absolute atomic E-state index is 10.1. The molecule has 0 spiro atoms. The van der Waals surface area contributed by atoms with Gasteiger partial charge in [-0.1, -0.05) is 0 Å². The molecule has 0 heterocycles. The van der Waals surface area contributed by atoms with Gasteiger partial charge in [-0.05, 0) is 0 Å². The highest BCUT2D eigenvalue weighted by atomic mass is 35.5. The molecule has 4 N–H and O–H groups in total. The molecular formula is C2H9ClN2O2S. The Labute approximate surface area is 57.5 Å². The fraction of sp³-hybridized carbons (Fsp3) is 1.00. The Morgan fingerprint density at radius 3 is 2.00 bits per heavy atom. The quantitative estimate of drug-likeness (QED) is 0.494. The minimum absolute atomic E-state index is 0. The first-order valence-corrected chi connectivity index (χ1v) is 3.22. The molecule has 0 aromatic heterocycles. The maximum atomic E-state index is 10.1. The van der Waals surface area contributed by atoms with E-state index >= 15 is 0 Å². The number of nitrogens with two attached hydrogens (primary N) is 2. The van der Waals surface area contributed by atoms with Gasteiger partial charge in [-0.3, -0.25) is 0 Å². The van der Waals surface area contributed by atoms with E-state index in [0.717, 1.165) is 0 Å². The molecule has 0 aromatic rings. The van der Waals surface area contributed by atoms with Crippen LogP contribution in [0, 0.1) is 0 Å². The molecule has 0 rings (SSSR count). The molecule has 0 aromatic carbocycles. The Balaban J connectivity index is 0. The first kappa shape index (κ1) is 6.28. The minimum atomic E-state index is -3.78. The third kappa shape index (κ3) is 9.48. The zero-order valence-corrected chi connectivity index (χ0v) is 5.63. The van der Waals surface area contributed by atoms with Crippen LogP contribution in [0.1, 0.15) is 2.74 Å². The van der Waals surface area contributed by atoms with E-state index in [2.05, 4.69) is 5.14 Å². The molecule has 4 nitrogen and oxygen atoms in total. The second-order valence-corrected chi connectivity index (χ2v) is 2.63. The second-order valence-electron chi connectivity index (χ2n) is 1.01. The molecule has 6 heteroatoms. The fourth-order valence-corrected chi connectivity index (χ4v) is 0.348. The van der Waals surface area contributed by atoms with Crippen molar-refractivity contribution in [3.63, 3.8) is 0 Å². The van der Waals surface area contributed by atoms with Gasteiger partial charge in [0.2, 0.25) is 10.0 Å². The highest BCUT2D eigenvalue weighted by Crippen LogP contribution is 1.68. The Kier molecular flexibility index (Phi) is 3.20. The minimum Gasteiger partial charge on any atom is -0.329 e. The van der Waals surface area contributed by atoms with Crippen LogP contribution >= 0.6 is 12.4 Å². The third-order valence-electron chi connectivity index (χ3n) is 0.285. The number of sulfonamides is 1. The van der Waals surface area contributed by atoms with Crippen LogP contribution in [0.3, 0.4) is 0 Å². The molecule has 0 saturated carbocycles. The molecule has 0 unspecified atom stereocenters. The summed E-state index contributed by atoms with van der Waals surface area (Å²) in [5, 5.41) is 4.47. The van der Waals surface area contributed by atoms with Crippen molar-refractivity contribution in [2.75, 3.05) is 12.2 Å². The van der Waals surface area contributed by atoms with Gasteiger partial charge in [0.05, 0.1) is 5.75 Å². The highest BCUT2D eigenvalue weighted by molar-refractivity contribution is 7.89. The average Bonchev–Trinajstić information content (AvgIpc) is 1.14. The lowest BCUT2D eigenvalue weighted by Crippen LogP contribution is -2.22. The van der Waals surface area contributed by atoms with Crippen molar-refractivity contribution in [2.45, 2.75) is 0 Å². The Bertz CT molecular complexity index is 186. The fourth-order valence-electron chi connectivity index (χ4n) is 0.116. The molecular weight excluding hydrogens is 153 g/mol. The molecule has 0 amide bonds. The van der Waals surface area contributed by atoms with E-state index in [1.54, 1.807) is 0 Å². The van der Waals surface area contributed by atoms with Gasteiger partial charge in [0.25, 0.3) is 0 Å². The smallest absolute Gasteiger partial charge is 0.210 e. The first-order chi connectivity index (χ1) is 3.71. The number of halogens is 1. The molecule has 0 radical (unpaired) electrons. The van der Waals surface area contributed by atoms with Crippen LogP contribution in [0.25, 0.3) is 0 Å². The van der Waals surface area contributed by atoms with Crippen molar-refractivity contribution in [2.24, 2.45) is 10.9 Å². The van der Waals surface area contributed by atoms with Gasteiger partial charge in [0.15, 0.2) is 0 Å². The summed E-state index contributed by atoms with van der Waals surface area (Å²) in [5.41, 5.74) is 4.70. The molecule has 0 aliphatic carbocycles. The topological polar surface area (TPSA) is 86.2 Å². The molecule has 52 valence electrons. The molecule has 0 bridgehead atoms. The van der Waals surface area contributed by atoms with E-state index in [9.17, 15) is 8.42 Å². The van der Waals surface area contributed by atoms with Crippen molar-refractivity contribution in [3.8, 4) is 0 Å². The monoisotopic (exact) mass is 163 g/mol. The summed E-state index contributed by atoms with van der Waals surface area (Å²) in [6.45, 7) is -2.23. The Morgan fingerprint density at radius 2 is 2.00 bits per heavy atom. The summed E-state index contributed by atoms with van der Waals surface area (Å²) in [6.07, 6.45) is 0. The lowest BCUT2D eigenvalue weighted by molar-refractivity contribution is 0.597. The third-order valence-corrected chi connectivity index (χ3v) is 0.854. The Hall–Kier alpha value is 0.160. The molecule has 0 aliphatic heterocycles. The van der Waals surface area contributed by atoms with E-state index in [1.165, 1.54) is 0 Å². The molecule has 0 aliphatic rings. The van der Waals surface area contributed by atoms with Crippen molar-refractivity contribution in [3.05, 3.63) is 0 Å². The van der Waals surface area contributed by atoms with Crippen LogP contribution in [0.2, 0.25) is 0 Å². The van der Waals surface area contributed by atoms with Gasteiger partial charge in [-0.25, -0.2) is 13.6 Å². The van der Waals surface area contributed by atoms with Crippen LogP contribution in [-0.2, 0) is 10.0 Å². The standard InChI is InChI=1S/C2H8N2O2S.ClH/c3-1-2-7(4,5)6;/h1-3H2,(H2,4,5,6);1H/i1D2,4+1;. The number of primary sulfonamides is 1. The van der Waals surface area contributed by atoms with E-state index in [4.69, 9.17) is 8.48 Å². The lowest BCUT2D eigenvalue weighted by Gasteiger charge is -1.87. The largest absolute Gasteiger partial charge is 0.329 e. The summed E-state index contributed by atoms with van der Waals surface area (Å²) in [4.78, 5) is 0. The van der Waals surface area contributed by atoms with Crippen molar-refractivity contribution in [1.82, 2.24) is 0 Å². The zero-order chi connectivity index (χ0) is 7.71. The second kappa shape index (κ2) is 4.08. The summed E-state index contributed by atoms with van der Waals surface area (Å²) in [6, 6.07) is 0. The highest BCUT2D eigenvalue weighted by Gasteiger charge is 1.96. The van der Waals surface area contributed by atoms with Crippen LogP contribution in [-0.4, -0.2) is 20.7 Å². The van der Waals surface area contributed by atoms with E-state index < -0.39 is 22.3 Å². The number of hydrogen-bond donors (Lipinski definition) is 2. The molecule has 0 saturated heterocycles. The van der Waals surface area contributed by atoms with E-state index in [1.807, 2.05) is 0 Å². The Morgan fingerprint density at radius 1 is 1.62 bits per heavy atom. The van der Waals surface area contributed by atoms with Crippen molar-refractivity contribution >= 4 is 22.4 Å². The van der Waals surface area contributed by atoms with Gasteiger partial charge in [-0.2, -0.15) is 0 Å². The normalized spacial score (nSPS) is 15.8. The average molecular weight is 164 g/mol. The van der Waals surface area contributed by atoms with Crippen LogP contribution in [0.4, 0.5) is 0 Å².